The summed E-state index contributed by atoms with van der Waals surface area (Å²) in [4.78, 5) is 12.2. The number of benzene rings is 1. The number of rotatable bonds is 2. The molecule has 0 saturated carbocycles. The molecule has 2 aromatic rings. The van der Waals surface area contributed by atoms with Crippen LogP contribution in [0.3, 0.4) is 0 Å². The highest BCUT2D eigenvalue weighted by Gasteiger charge is 2.31. The Hall–Kier alpha value is -1.82. The predicted octanol–water partition coefficient (Wildman–Crippen LogP) is 1.52. The second-order valence-electron chi connectivity index (χ2n) is 5.10. The van der Waals surface area contributed by atoms with E-state index < -0.39 is 21.9 Å². The van der Waals surface area contributed by atoms with E-state index in [0.717, 1.165) is 10.9 Å². The van der Waals surface area contributed by atoms with E-state index in [1.54, 1.807) is 6.20 Å². The molecule has 0 spiro atoms. The number of aromatic nitrogens is 1. The van der Waals surface area contributed by atoms with Gasteiger partial charge in [-0.2, -0.15) is 0 Å². The first-order valence-electron chi connectivity index (χ1n) is 6.42. The summed E-state index contributed by atoms with van der Waals surface area (Å²) in [6, 6.07) is 7.55. The van der Waals surface area contributed by atoms with Crippen molar-refractivity contribution in [2.75, 3.05) is 11.5 Å². The molecule has 1 aliphatic heterocycles. The molecule has 1 aromatic carbocycles. The van der Waals surface area contributed by atoms with Crippen LogP contribution in [0.4, 0.5) is 0 Å². The highest BCUT2D eigenvalue weighted by Crippen LogP contribution is 2.23. The number of ether oxygens (including phenoxy) is 1. The average Bonchev–Trinajstić information content (AvgIpc) is 2.91. The van der Waals surface area contributed by atoms with Crippen molar-refractivity contribution in [2.45, 2.75) is 12.5 Å². The third-order valence-corrected chi connectivity index (χ3v) is 5.32. The van der Waals surface area contributed by atoms with Crippen LogP contribution in [0.5, 0.6) is 0 Å². The second-order valence-corrected chi connectivity index (χ2v) is 7.33. The van der Waals surface area contributed by atoms with E-state index in [9.17, 15) is 13.2 Å². The Balaban J connectivity index is 1.87. The highest BCUT2D eigenvalue weighted by atomic mass is 32.2. The number of sulfone groups is 1. The van der Waals surface area contributed by atoms with E-state index in [1.165, 1.54) is 0 Å². The van der Waals surface area contributed by atoms with Crippen LogP contribution in [0.1, 0.15) is 16.8 Å². The maximum Gasteiger partial charge on any atom is 0.340 e. The van der Waals surface area contributed by atoms with Crippen LogP contribution in [-0.4, -0.2) is 36.6 Å². The van der Waals surface area contributed by atoms with E-state index in [-0.39, 0.29) is 11.5 Å². The standard InChI is InChI=1S/C14H15NO4S/c1-15-8-12(11-4-2-3-5-13(11)15)14(16)19-10-6-7-20(17,18)9-10/h2-5,8,10H,6-7,9H2,1H3. The molecule has 1 aliphatic rings. The predicted molar refractivity (Wildman–Crippen MR) is 75.4 cm³/mol. The maximum absolute atomic E-state index is 12.2. The van der Waals surface area contributed by atoms with E-state index in [2.05, 4.69) is 0 Å². The third-order valence-electron chi connectivity index (χ3n) is 3.58. The number of carbonyl (C=O) groups excluding carboxylic acids is 1. The first-order chi connectivity index (χ1) is 9.46. The van der Waals surface area contributed by atoms with Crippen LogP contribution in [-0.2, 0) is 21.6 Å². The summed E-state index contributed by atoms with van der Waals surface area (Å²) >= 11 is 0. The molecule has 1 unspecified atom stereocenters. The van der Waals surface area contributed by atoms with Crippen molar-refractivity contribution >= 4 is 26.7 Å². The molecular formula is C14H15NO4S. The molecule has 0 radical (unpaired) electrons. The van der Waals surface area contributed by atoms with Crippen LogP contribution >= 0.6 is 0 Å². The number of hydrogen-bond acceptors (Lipinski definition) is 4. The van der Waals surface area contributed by atoms with Crippen LogP contribution in [0.15, 0.2) is 30.5 Å². The molecule has 5 nitrogen and oxygen atoms in total. The Bertz CT molecular complexity index is 776. The lowest BCUT2D eigenvalue weighted by Crippen LogP contribution is -2.19. The normalized spacial score (nSPS) is 21.1. The van der Waals surface area contributed by atoms with Gasteiger partial charge in [0.05, 0.1) is 17.1 Å². The van der Waals surface area contributed by atoms with Gasteiger partial charge in [-0.05, 0) is 12.5 Å². The van der Waals surface area contributed by atoms with E-state index in [1.807, 2.05) is 35.9 Å². The Labute approximate surface area is 117 Å². The summed E-state index contributed by atoms with van der Waals surface area (Å²) < 4.78 is 29.9. The summed E-state index contributed by atoms with van der Waals surface area (Å²) in [5.41, 5.74) is 1.42. The summed E-state index contributed by atoms with van der Waals surface area (Å²) in [5, 5.41) is 0.820. The van der Waals surface area contributed by atoms with Crippen molar-refractivity contribution < 1.29 is 17.9 Å². The minimum atomic E-state index is -3.04. The Kier molecular flexibility index (Phi) is 3.05. The molecule has 1 aromatic heterocycles. The van der Waals surface area contributed by atoms with Crippen molar-refractivity contribution in [2.24, 2.45) is 7.05 Å². The molecule has 106 valence electrons. The van der Waals surface area contributed by atoms with E-state index in [0.29, 0.717) is 12.0 Å². The SMILES string of the molecule is Cn1cc(C(=O)OC2CCS(=O)(=O)C2)c2ccccc21. The number of hydrogen-bond donors (Lipinski definition) is 0. The van der Waals surface area contributed by atoms with E-state index in [4.69, 9.17) is 4.74 Å². The molecular weight excluding hydrogens is 278 g/mol. The van der Waals surface area contributed by atoms with E-state index >= 15 is 0 Å². The van der Waals surface area contributed by atoms with Gasteiger partial charge in [-0.25, -0.2) is 13.2 Å². The van der Waals surface area contributed by atoms with Gasteiger partial charge < -0.3 is 9.30 Å². The van der Waals surface area contributed by atoms with Gasteiger partial charge in [0.2, 0.25) is 0 Å². The molecule has 3 rings (SSSR count). The molecule has 0 aliphatic carbocycles. The number of nitrogens with zero attached hydrogens (tertiary/aromatic N) is 1. The summed E-state index contributed by atoms with van der Waals surface area (Å²) in [6.07, 6.45) is 1.58. The summed E-state index contributed by atoms with van der Waals surface area (Å²) in [7, 11) is -1.18. The number of carbonyl (C=O) groups is 1. The Morgan fingerprint density at radius 1 is 1.35 bits per heavy atom. The second kappa shape index (κ2) is 4.63. The topological polar surface area (TPSA) is 65.4 Å². The fraction of sp³-hybridized carbons (Fsp3) is 0.357. The monoisotopic (exact) mass is 293 g/mol. The highest BCUT2D eigenvalue weighted by molar-refractivity contribution is 7.91. The minimum absolute atomic E-state index is 0.0660. The molecule has 1 fully saturated rings. The van der Waals surface area contributed by atoms with Gasteiger partial charge in [0.15, 0.2) is 9.84 Å². The minimum Gasteiger partial charge on any atom is -0.458 e. The fourth-order valence-corrected chi connectivity index (χ4v) is 4.16. The lowest BCUT2D eigenvalue weighted by Gasteiger charge is -2.09. The largest absolute Gasteiger partial charge is 0.458 e. The average molecular weight is 293 g/mol. The first-order valence-corrected chi connectivity index (χ1v) is 8.24. The van der Waals surface area contributed by atoms with Crippen LogP contribution in [0, 0.1) is 0 Å². The zero-order valence-corrected chi connectivity index (χ0v) is 11.9. The van der Waals surface area contributed by atoms with Gasteiger partial charge in [0.1, 0.15) is 6.10 Å². The van der Waals surface area contributed by atoms with Gasteiger partial charge in [-0.1, -0.05) is 18.2 Å². The zero-order valence-electron chi connectivity index (χ0n) is 11.1. The molecule has 0 amide bonds. The molecule has 0 N–H and O–H groups in total. The quantitative estimate of drug-likeness (QED) is 0.788. The van der Waals surface area contributed by atoms with Gasteiger partial charge in [-0.15, -0.1) is 0 Å². The van der Waals surface area contributed by atoms with Crippen molar-refractivity contribution in [3.63, 3.8) is 0 Å². The van der Waals surface area contributed by atoms with Gasteiger partial charge >= 0.3 is 5.97 Å². The Morgan fingerprint density at radius 2 is 2.10 bits per heavy atom. The third kappa shape index (κ3) is 2.31. The number of fused-ring (bicyclic) bond motifs is 1. The molecule has 6 heteroatoms. The van der Waals surface area contributed by atoms with Crippen molar-refractivity contribution in [3.05, 3.63) is 36.0 Å². The lowest BCUT2D eigenvalue weighted by atomic mass is 10.2. The summed E-state index contributed by atoms with van der Waals surface area (Å²) in [5.74, 6) is -0.423. The maximum atomic E-state index is 12.2. The molecule has 20 heavy (non-hydrogen) atoms. The lowest BCUT2D eigenvalue weighted by molar-refractivity contribution is 0.0358. The molecule has 1 saturated heterocycles. The van der Waals surface area contributed by atoms with Crippen LogP contribution in [0.2, 0.25) is 0 Å². The smallest absolute Gasteiger partial charge is 0.340 e. The van der Waals surface area contributed by atoms with Gasteiger partial charge in [0.25, 0.3) is 0 Å². The van der Waals surface area contributed by atoms with Crippen molar-refractivity contribution in [3.8, 4) is 0 Å². The zero-order chi connectivity index (χ0) is 14.3. The van der Waals surface area contributed by atoms with Crippen molar-refractivity contribution in [1.29, 1.82) is 0 Å². The molecule has 2 heterocycles. The number of esters is 1. The van der Waals surface area contributed by atoms with Crippen molar-refractivity contribution in [1.82, 2.24) is 4.57 Å². The fourth-order valence-electron chi connectivity index (χ4n) is 2.57. The van der Waals surface area contributed by atoms with Crippen LogP contribution in [0.25, 0.3) is 10.9 Å². The van der Waals surface area contributed by atoms with Crippen LogP contribution < -0.4 is 0 Å². The molecule has 1 atom stereocenters. The summed E-state index contributed by atoms with van der Waals surface area (Å²) in [6.45, 7) is 0. The van der Waals surface area contributed by atoms with Gasteiger partial charge in [-0.3, -0.25) is 0 Å². The Morgan fingerprint density at radius 3 is 2.80 bits per heavy atom. The molecule has 0 bridgehead atoms. The first kappa shape index (κ1) is 13.2. The number of aryl methyl sites for hydroxylation is 1. The number of para-hydroxylation sites is 1. The van der Waals surface area contributed by atoms with Gasteiger partial charge in [0, 0.05) is 24.1 Å².